The van der Waals surface area contributed by atoms with Gasteiger partial charge >= 0.3 is 0 Å². The van der Waals surface area contributed by atoms with Crippen LogP contribution in [0.5, 0.6) is 5.75 Å². The number of benzene rings is 1. The maximum atomic E-state index is 5.38. The number of rotatable bonds is 6. The van der Waals surface area contributed by atoms with Crippen LogP contribution in [0.25, 0.3) is 0 Å². The van der Waals surface area contributed by atoms with Crippen molar-refractivity contribution < 1.29 is 4.74 Å². The van der Waals surface area contributed by atoms with E-state index in [1.54, 1.807) is 7.11 Å². The monoisotopic (exact) mass is 257 g/mol. The zero-order chi connectivity index (χ0) is 13.1. The fraction of sp³-hybridized carbons (Fsp3) is 0.529. The third kappa shape index (κ3) is 2.84. The molecule has 3 atom stereocenters. The van der Waals surface area contributed by atoms with E-state index in [1.165, 1.54) is 24.9 Å². The number of hydrogen-bond acceptors (Lipinski definition) is 2. The van der Waals surface area contributed by atoms with Gasteiger partial charge in [0, 0.05) is 0 Å². The Morgan fingerprint density at radius 2 is 2.11 bits per heavy atom. The molecule has 0 heterocycles. The highest BCUT2D eigenvalue weighted by atomic mass is 16.5. The molecule has 1 aromatic carbocycles. The van der Waals surface area contributed by atoms with Gasteiger partial charge in [-0.25, -0.2) is 0 Å². The number of allylic oxidation sites excluding steroid dienone is 2. The first-order valence-electron chi connectivity index (χ1n) is 7.37. The predicted molar refractivity (Wildman–Crippen MR) is 78.4 cm³/mol. The first-order chi connectivity index (χ1) is 9.36. The molecule has 0 radical (unpaired) electrons. The summed E-state index contributed by atoms with van der Waals surface area (Å²) >= 11 is 0. The molecule has 19 heavy (non-hydrogen) atoms. The summed E-state index contributed by atoms with van der Waals surface area (Å²) in [6.07, 6.45) is 8.68. The third-order valence-corrected chi connectivity index (χ3v) is 4.59. The summed E-state index contributed by atoms with van der Waals surface area (Å²) in [6, 6.07) is 8.30. The van der Waals surface area contributed by atoms with E-state index in [4.69, 9.17) is 4.74 Å². The van der Waals surface area contributed by atoms with Crippen LogP contribution >= 0.6 is 0 Å². The third-order valence-electron chi connectivity index (χ3n) is 4.59. The van der Waals surface area contributed by atoms with E-state index in [0.29, 0.717) is 0 Å². The number of ether oxygens (including phenoxy) is 1. The molecule has 2 heteroatoms. The first-order valence-corrected chi connectivity index (χ1v) is 7.37. The lowest BCUT2D eigenvalue weighted by molar-refractivity contribution is 0.403. The molecule has 2 aliphatic carbocycles. The van der Waals surface area contributed by atoms with Gasteiger partial charge in [-0.1, -0.05) is 30.4 Å². The molecule has 3 unspecified atom stereocenters. The molecule has 2 aliphatic rings. The average molecular weight is 257 g/mol. The topological polar surface area (TPSA) is 21.3 Å². The van der Waals surface area contributed by atoms with Crippen LogP contribution < -0.4 is 10.1 Å². The summed E-state index contributed by atoms with van der Waals surface area (Å²) in [5.74, 6) is 3.61. The minimum Gasteiger partial charge on any atom is -0.496 e. The fourth-order valence-electron chi connectivity index (χ4n) is 3.55. The fourth-order valence-corrected chi connectivity index (χ4v) is 3.55. The second kappa shape index (κ2) is 5.79. The van der Waals surface area contributed by atoms with Crippen LogP contribution in [0.15, 0.2) is 36.4 Å². The molecular formula is C17H23NO. The lowest BCUT2D eigenvalue weighted by atomic mass is 9.93. The van der Waals surface area contributed by atoms with Crippen molar-refractivity contribution in [2.24, 2.45) is 17.8 Å². The zero-order valence-electron chi connectivity index (χ0n) is 11.6. The van der Waals surface area contributed by atoms with Crippen LogP contribution in [-0.2, 0) is 6.42 Å². The molecule has 1 N–H and O–H groups in total. The van der Waals surface area contributed by atoms with Crippen LogP contribution in [-0.4, -0.2) is 20.2 Å². The van der Waals surface area contributed by atoms with Gasteiger partial charge in [0.25, 0.3) is 0 Å². The Kier molecular flexibility index (Phi) is 3.88. The Bertz CT molecular complexity index is 454. The van der Waals surface area contributed by atoms with Gasteiger partial charge in [0.2, 0.25) is 0 Å². The van der Waals surface area contributed by atoms with Crippen molar-refractivity contribution in [2.45, 2.75) is 19.3 Å². The highest BCUT2D eigenvalue weighted by Gasteiger charge is 2.34. The van der Waals surface area contributed by atoms with Gasteiger partial charge in [-0.2, -0.15) is 0 Å². The Morgan fingerprint density at radius 1 is 1.21 bits per heavy atom. The van der Waals surface area contributed by atoms with Gasteiger partial charge in [0.05, 0.1) is 7.11 Å². The molecule has 0 spiro atoms. The molecule has 2 nitrogen and oxygen atoms in total. The summed E-state index contributed by atoms with van der Waals surface area (Å²) in [7, 11) is 1.74. The minimum atomic E-state index is 0.851. The maximum absolute atomic E-state index is 5.38. The molecule has 102 valence electrons. The van der Waals surface area contributed by atoms with E-state index < -0.39 is 0 Å². The first kappa shape index (κ1) is 12.7. The Morgan fingerprint density at radius 3 is 2.84 bits per heavy atom. The standard InChI is InChI=1S/C17H23NO/c1-19-17-5-3-2-4-14(17)8-9-18-12-16-11-13-6-7-15(16)10-13/h2-7,13,15-16,18H,8-12H2,1H3. The van der Waals surface area contributed by atoms with E-state index >= 15 is 0 Å². The lowest BCUT2D eigenvalue weighted by Gasteiger charge is -2.18. The van der Waals surface area contributed by atoms with Gasteiger partial charge in [-0.15, -0.1) is 0 Å². The molecule has 1 saturated carbocycles. The van der Waals surface area contributed by atoms with Crippen molar-refractivity contribution in [3.63, 3.8) is 0 Å². The summed E-state index contributed by atoms with van der Waals surface area (Å²) < 4.78 is 5.38. The molecular weight excluding hydrogens is 234 g/mol. The van der Waals surface area contributed by atoms with E-state index in [9.17, 15) is 0 Å². The van der Waals surface area contributed by atoms with Crippen molar-refractivity contribution in [3.05, 3.63) is 42.0 Å². The summed E-state index contributed by atoms with van der Waals surface area (Å²) in [4.78, 5) is 0. The summed E-state index contributed by atoms with van der Waals surface area (Å²) in [5, 5.41) is 3.62. The van der Waals surface area contributed by atoms with Gasteiger partial charge in [-0.3, -0.25) is 0 Å². The van der Waals surface area contributed by atoms with E-state index in [2.05, 4.69) is 29.6 Å². The molecule has 1 fully saturated rings. The molecule has 1 aromatic rings. The molecule has 0 aliphatic heterocycles. The van der Waals surface area contributed by atoms with Gasteiger partial charge < -0.3 is 10.1 Å². The van der Waals surface area contributed by atoms with E-state index in [1.807, 2.05) is 12.1 Å². The SMILES string of the molecule is COc1ccccc1CCNCC1CC2C=CC1C2. The van der Waals surface area contributed by atoms with Crippen LogP contribution in [0, 0.1) is 17.8 Å². The van der Waals surface area contributed by atoms with Crippen LogP contribution in [0.4, 0.5) is 0 Å². The molecule has 3 rings (SSSR count). The smallest absolute Gasteiger partial charge is 0.122 e. The zero-order valence-corrected chi connectivity index (χ0v) is 11.6. The average Bonchev–Trinajstić information content (AvgIpc) is 3.06. The number of hydrogen-bond donors (Lipinski definition) is 1. The van der Waals surface area contributed by atoms with Crippen LogP contribution in [0.1, 0.15) is 18.4 Å². The summed E-state index contributed by atoms with van der Waals surface area (Å²) in [6.45, 7) is 2.21. The molecule has 0 saturated heterocycles. The van der Waals surface area contributed by atoms with Gasteiger partial charge in [0.1, 0.15) is 5.75 Å². The Balaban J connectivity index is 1.42. The van der Waals surface area contributed by atoms with Crippen molar-refractivity contribution in [2.75, 3.05) is 20.2 Å². The van der Waals surface area contributed by atoms with Crippen molar-refractivity contribution in [1.29, 1.82) is 0 Å². The Labute approximate surface area is 115 Å². The van der Waals surface area contributed by atoms with Crippen molar-refractivity contribution >= 4 is 0 Å². The lowest BCUT2D eigenvalue weighted by Crippen LogP contribution is -2.27. The van der Waals surface area contributed by atoms with E-state index in [0.717, 1.165) is 36.5 Å². The molecule has 0 amide bonds. The highest BCUT2D eigenvalue weighted by Crippen LogP contribution is 2.42. The van der Waals surface area contributed by atoms with Gasteiger partial charge in [-0.05, 0) is 61.7 Å². The second-order valence-electron chi connectivity index (χ2n) is 5.81. The van der Waals surface area contributed by atoms with Crippen molar-refractivity contribution in [3.8, 4) is 5.75 Å². The largest absolute Gasteiger partial charge is 0.496 e. The number of para-hydroxylation sites is 1. The van der Waals surface area contributed by atoms with Gasteiger partial charge in [0.15, 0.2) is 0 Å². The summed E-state index contributed by atoms with van der Waals surface area (Å²) in [5.41, 5.74) is 1.30. The number of fused-ring (bicyclic) bond motifs is 2. The Hall–Kier alpha value is -1.28. The normalized spacial score (nSPS) is 27.9. The van der Waals surface area contributed by atoms with Crippen LogP contribution in [0.2, 0.25) is 0 Å². The second-order valence-corrected chi connectivity index (χ2v) is 5.81. The van der Waals surface area contributed by atoms with Crippen molar-refractivity contribution in [1.82, 2.24) is 5.32 Å². The highest BCUT2D eigenvalue weighted by molar-refractivity contribution is 5.33. The van der Waals surface area contributed by atoms with E-state index in [-0.39, 0.29) is 0 Å². The number of methoxy groups -OCH3 is 1. The number of nitrogens with one attached hydrogen (secondary N) is 1. The maximum Gasteiger partial charge on any atom is 0.122 e. The van der Waals surface area contributed by atoms with Crippen LogP contribution in [0.3, 0.4) is 0 Å². The predicted octanol–water partition coefficient (Wildman–Crippen LogP) is 3.04. The molecule has 2 bridgehead atoms. The molecule has 0 aromatic heterocycles. The minimum absolute atomic E-state index is 0.851. The quantitative estimate of drug-likeness (QED) is 0.625.